The number of hydrogen-bond acceptors (Lipinski definition) is 3. The van der Waals surface area contributed by atoms with Crippen LogP contribution >= 0.6 is 0 Å². The molecule has 1 aliphatic carbocycles. The van der Waals surface area contributed by atoms with Crippen LogP contribution in [0.1, 0.15) is 47.0 Å². The molecule has 0 amide bonds. The van der Waals surface area contributed by atoms with E-state index in [9.17, 15) is 0 Å². The van der Waals surface area contributed by atoms with Gasteiger partial charge in [0.2, 0.25) is 0 Å². The molecule has 96 valence electrons. The number of nitriles is 1. The van der Waals surface area contributed by atoms with Gasteiger partial charge in [0, 0.05) is 26.1 Å². The summed E-state index contributed by atoms with van der Waals surface area (Å²) in [6, 6.07) is 2.34. The van der Waals surface area contributed by atoms with E-state index in [1.807, 2.05) is 0 Å². The molecule has 0 spiro atoms. The van der Waals surface area contributed by atoms with Crippen LogP contribution in [0.5, 0.6) is 0 Å². The molecular weight excluding hydrogens is 212 g/mol. The molecule has 0 N–H and O–H groups in total. The average Bonchev–Trinajstić information content (AvgIpc) is 2.78. The summed E-state index contributed by atoms with van der Waals surface area (Å²) in [7, 11) is 0. The minimum atomic E-state index is -0.0789. The van der Waals surface area contributed by atoms with Gasteiger partial charge in [-0.25, -0.2) is 0 Å². The first-order chi connectivity index (χ1) is 7.76. The van der Waals surface area contributed by atoms with E-state index in [0.717, 1.165) is 19.6 Å². The van der Waals surface area contributed by atoms with Gasteiger partial charge in [-0.3, -0.25) is 4.90 Å². The zero-order valence-electron chi connectivity index (χ0n) is 11.5. The summed E-state index contributed by atoms with van der Waals surface area (Å²) in [5.41, 5.74) is 0.146. The molecule has 1 saturated carbocycles. The smallest absolute Gasteiger partial charge is 0.0760 e. The van der Waals surface area contributed by atoms with Crippen LogP contribution in [0.15, 0.2) is 0 Å². The second-order valence-electron chi connectivity index (χ2n) is 7.10. The predicted molar refractivity (Wildman–Crippen MR) is 67.6 cm³/mol. The van der Waals surface area contributed by atoms with E-state index < -0.39 is 0 Å². The van der Waals surface area contributed by atoms with Crippen molar-refractivity contribution in [2.45, 2.75) is 58.2 Å². The van der Waals surface area contributed by atoms with Crippen LogP contribution in [0.3, 0.4) is 0 Å². The van der Waals surface area contributed by atoms with E-state index in [1.54, 1.807) is 0 Å². The van der Waals surface area contributed by atoms with Gasteiger partial charge in [0.25, 0.3) is 0 Å². The monoisotopic (exact) mass is 236 g/mol. The van der Waals surface area contributed by atoms with E-state index >= 15 is 0 Å². The van der Waals surface area contributed by atoms with Crippen molar-refractivity contribution in [3.05, 3.63) is 0 Å². The van der Waals surface area contributed by atoms with Crippen molar-refractivity contribution in [2.75, 3.05) is 19.6 Å². The largest absolute Gasteiger partial charge is 0.367 e. The third-order valence-electron chi connectivity index (χ3n) is 3.73. The Balaban J connectivity index is 2.00. The Morgan fingerprint density at radius 2 is 1.65 bits per heavy atom. The highest BCUT2D eigenvalue weighted by Gasteiger charge is 2.47. The van der Waals surface area contributed by atoms with Crippen molar-refractivity contribution in [3.63, 3.8) is 0 Å². The Bertz CT molecular complexity index is 321. The van der Waals surface area contributed by atoms with Crippen molar-refractivity contribution in [3.8, 4) is 6.07 Å². The summed E-state index contributed by atoms with van der Waals surface area (Å²) in [5.74, 6) is 0. The Labute approximate surface area is 105 Å². The maximum atomic E-state index is 8.88. The van der Waals surface area contributed by atoms with E-state index in [0.29, 0.717) is 11.8 Å². The Hall–Kier alpha value is -0.590. The lowest BCUT2D eigenvalue weighted by Gasteiger charge is -2.48. The molecule has 1 saturated heterocycles. The van der Waals surface area contributed by atoms with Crippen molar-refractivity contribution >= 4 is 0 Å². The van der Waals surface area contributed by atoms with E-state index in [1.165, 1.54) is 12.8 Å². The molecular formula is C14H24N2O. The van der Waals surface area contributed by atoms with Gasteiger partial charge >= 0.3 is 0 Å². The van der Waals surface area contributed by atoms with E-state index in [-0.39, 0.29) is 11.2 Å². The summed E-state index contributed by atoms with van der Waals surface area (Å²) < 4.78 is 6.08. The summed E-state index contributed by atoms with van der Waals surface area (Å²) in [6.07, 6.45) is 3.16. The molecule has 1 heterocycles. The van der Waals surface area contributed by atoms with Crippen LogP contribution in [-0.2, 0) is 4.74 Å². The SMILES string of the molecule is CC1(C)CN(CC2(CC#N)CC2)CC(C)(C)O1. The Kier molecular flexibility index (Phi) is 3.00. The highest BCUT2D eigenvalue weighted by molar-refractivity contribution is 5.03. The van der Waals surface area contributed by atoms with Crippen LogP contribution < -0.4 is 0 Å². The van der Waals surface area contributed by atoms with Gasteiger partial charge in [-0.2, -0.15) is 5.26 Å². The zero-order valence-corrected chi connectivity index (χ0v) is 11.5. The van der Waals surface area contributed by atoms with Crippen LogP contribution in [0.2, 0.25) is 0 Å². The molecule has 0 unspecified atom stereocenters. The number of morpholine rings is 1. The van der Waals surface area contributed by atoms with E-state index in [4.69, 9.17) is 10.00 Å². The first-order valence-electron chi connectivity index (χ1n) is 6.56. The quantitative estimate of drug-likeness (QED) is 0.755. The third-order valence-corrected chi connectivity index (χ3v) is 3.73. The first kappa shape index (κ1) is 12.9. The van der Waals surface area contributed by atoms with Gasteiger partial charge in [-0.15, -0.1) is 0 Å². The second kappa shape index (κ2) is 3.96. The molecule has 2 rings (SSSR count). The maximum Gasteiger partial charge on any atom is 0.0760 e. The van der Waals surface area contributed by atoms with Crippen molar-refractivity contribution in [1.29, 1.82) is 5.26 Å². The predicted octanol–water partition coefficient (Wildman–Crippen LogP) is 2.57. The molecule has 0 bridgehead atoms. The van der Waals surface area contributed by atoms with Gasteiger partial charge < -0.3 is 4.74 Å². The zero-order chi connectivity index (χ0) is 12.7. The summed E-state index contributed by atoms with van der Waals surface area (Å²) in [5, 5.41) is 8.88. The van der Waals surface area contributed by atoms with Crippen LogP contribution in [0.4, 0.5) is 0 Å². The van der Waals surface area contributed by atoms with Crippen molar-refractivity contribution in [2.24, 2.45) is 5.41 Å². The molecule has 0 radical (unpaired) electrons. The van der Waals surface area contributed by atoms with Crippen LogP contribution in [0, 0.1) is 16.7 Å². The minimum absolute atomic E-state index is 0.0789. The van der Waals surface area contributed by atoms with Gasteiger partial charge in [0.05, 0.1) is 17.3 Å². The summed E-state index contributed by atoms with van der Waals surface area (Å²) >= 11 is 0. The number of rotatable bonds is 3. The molecule has 0 aromatic carbocycles. The Morgan fingerprint density at radius 3 is 2.06 bits per heavy atom. The lowest BCUT2D eigenvalue weighted by Crippen LogP contribution is -2.58. The fourth-order valence-electron chi connectivity index (χ4n) is 3.27. The minimum Gasteiger partial charge on any atom is -0.367 e. The summed E-state index contributed by atoms with van der Waals surface area (Å²) in [4.78, 5) is 2.49. The highest BCUT2D eigenvalue weighted by Crippen LogP contribution is 2.49. The molecule has 3 nitrogen and oxygen atoms in total. The fourth-order valence-corrected chi connectivity index (χ4v) is 3.27. The molecule has 0 aromatic rings. The third kappa shape index (κ3) is 3.20. The van der Waals surface area contributed by atoms with Gasteiger partial charge in [0.1, 0.15) is 0 Å². The maximum absolute atomic E-state index is 8.88. The molecule has 2 aliphatic rings. The average molecular weight is 236 g/mol. The molecule has 0 aromatic heterocycles. The number of nitrogens with zero attached hydrogens (tertiary/aromatic N) is 2. The van der Waals surface area contributed by atoms with Crippen LogP contribution in [0.25, 0.3) is 0 Å². The topological polar surface area (TPSA) is 36.3 Å². The molecule has 3 heteroatoms. The molecule has 17 heavy (non-hydrogen) atoms. The van der Waals surface area contributed by atoms with Gasteiger partial charge in [0.15, 0.2) is 0 Å². The van der Waals surface area contributed by atoms with E-state index in [2.05, 4.69) is 38.7 Å². The lowest BCUT2D eigenvalue weighted by atomic mass is 9.95. The fraction of sp³-hybridized carbons (Fsp3) is 0.929. The van der Waals surface area contributed by atoms with Crippen molar-refractivity contribution < 1.29 is 4.74 Å². The first-order valence-corrected chi connectivity index (χ1v) is 6.56. The highest BCUT2D eigenvalue weighted by atomic mass is 16.5. The lowest BCUT2D eigenvalue weighted by molar-refractivity contribution is -0.182. The standard InChI is InChI=1S/C14H24N2O/c1-12(2)9-16(10-13(3,4)17-12)11-14(5-6-14)7-8-15/h5-7,9-11H2,1-4H3. The molecule has 0 atom stereocenters. The molecule has 1 aliphatic heterocycles. The Morgan fingerprint density at radius 1 is 1.12 bits per heavy atom. The normalized spacial score (nSPS) is 29.6. The number of ether oxygens (including phenoxy) is 1. The summed E-state index contributed by atoms with van der Waals surface area (Å²) in [6.45, 7) is 11.6. The molecule has 2 fully saturated rings. The van der Waals surface area contributed by atoms with Crippen molar-refractivity contribution in [1.82, 2.24) is 4.90 Å². The van der Waals surface area contributed by atoms with Crippen LogP contribution in [-0.4, -0.2) is 35.7 Å². The van der Waals surface area contributed by atoms with Gasteiger partial charge in [-0.05, 0) is 46.0 Å². The number of hydrogen-bond donors (Lipinski definition) is 0. The second-order valence-corrected chi connectivity index (χ2v) is 7.10. The van der Waals surface area contributed by atoms with Gasteiger partial charge in [-0.1, -0.05) is 0 Å².